The Morgan fingerprint density at radius 3 is 2.71 bits per heavy atom. The summed E-state index contributed by atoms with van der Waals surface area (Å²) in [6.07, 6.45) is 1.42. The molecule has 1 heterocycles. The van der Waals surface area contributed by atoms with Crippen LogP contribution in [0.3, 0.4) is 0 Å². The van der Waals surface area contributed by atoms with Crippen LogP contribution in [0.2, 0.25) is 0 Å². The summed E-state index contributed by atoms with van der Waals surface area (Å²) >= 11 is 4.67. The zero-order chi connectivity index (χ0) is 20.7. The van der Waals surface area contributed by atoms with Crippen molar-refractivity contribution in [1.29, 1.82) is 10.5 Å². The zero-order valence-corrected chi connectivity index (χ0v) is 18.0. The van der Waals surface area contributed by atoms with Crippen molar-refractivity contribution in [3.8, 4) is 23.6 Å². The largest absolute Gasteiger partial charge is 0.490 e. The summed E-state index contributed by atoms with van der Waals surface area (Å²) in [4.78, 5) is 12.5. The molecule has 1 aromatic carbocycles. The molecular weight excluding hydrogens is 442 g/mol. The predicted molar refractivity (Wildman–Crippen MR) is 112 cm³/mol. The molecule has 28 heavy (non-hydrogen) atoms. The van der Waals surface area contributed by atoms with Crippen LogP contribution in [-0.4, -0.2) is 18.6 Å². The van der Waals surface area contributed by atoms with Crippen molar-refractivity contribution < 1.29 is 14.3 Å². The number of ether oxygens (including phenoxy) is 2. The molecule has 0 aliphatic carbocycles. The van der Waals surface area contributed by atoms with Gasteiger partial charge in [-0.25, -0.2) is 0 Å². The van der Waals surface area contributed by atoms with Crippen molar-refractivity contribution in [2.45, 2.75) is 26.9 Å². The summed E-state index contributed by atoms with van der Waals surface area (Å²) in [6, 6.07) is 8.96. The van der Waals surface area contributed by atoms with Gasteiger partial charge in [0, 0.05) is 4.47 Å². The summed E-state index contributed by atoms with van der Waals surface area (Å²) in [6.45, 7) is 6.13. The summed E-state index contributed by atoms with van der Waals surface area (Å²) in [5.74, 6) is 0.503. The minimum absolute atomic E-state index is 0.0342. The van der Waals surface area contributed by atoms with Gasteiger partial charge in [0.2, 0.25) is 0 Å². The molecule has 0 bridgehead atoms. The van der Waals surface area contributed by atoms with Crippen LogP contribution in [0, 0.1) is 22.7 Å². The van der Waals surface area contributed by atoms with Crippen molar-refractivity contribution >= 4 is 44.3 Å². The number of carbonyl (C=O) groups excluding carboxylic acids is 1. The molecule has 0 unspecified atom stereocenters. The molecule has 0 spiro atoms. The smallest absolute Gasteiger partial charge is 0.266 e. The van der Waals surface area contributed by atoms with Crippen LogP contribution in [0.1, 0.15) is 31.9 Å². The number of halogens is 1. The Morgan fingerprint density at radius 2 is 2.11 bits per heavy atom. The van der Waals surface area contributed by atoms with Crippen LogP contribution in [0.5, 0.6) is 11.5 Å². The number of benzene rings is 1. The fourth-order valence-corrected chi connectivity index (χ4v) is 3.41. The average molecular weight is 460 g/mol. The highest BCUT2D eigenvalue weighted by Crippen LogP contribution is 2.35. The molecule has 1 N–H and O–H groups in total. The van der Waals surface area contributed by atoms with Gasteiger partial charge in [0.1, 0.15) is 22.7 Å². The third kappa shape index (κ3) is 5.35. The fourth-order valence-electron chi connectivity index (χ4n) is 2.24. The van der Waals surface area contributed by atoms with Gasteiger partial charge >= 0.3 is 0 Å². The zero-order valence-electron chi connectivity index (χ0n) is 15.6. The molecule has 0 fully saturated rings. The number of anilines is 1. The maximum atomic E-state index is 12.5. The first kappa shape index (κ1) is 21.5. The van der Waals surface area contributed by atoms with E-state index in [1.807, 2.05) is 32.9 Å². The topological polar surface area (TPSA) is 95.1 Å². The number of amides is 1. The van der Waals surface area contributed by atoms with Crippen molar-refractivity contribution in [3.63, 3.8) is 0 Å². The molecule has 0 aliphatic heterocycles. The third-order valence-corrected chi connectivity index (χ3v) is 4.92. The second-order valence-electron chi connectivity index (χ2n) is 5.82. The van der Waals surface area contributed by atoms with Gasteiger partial charge in [-0.05, 0) is 56.0 Å². The lowest BCUT2D eigenvalue weighted by molar-refractivity contribution is -0.112. The highest BCUT2D eigenvalue weighted by Gasteiger charge is 2.16. The van der Waals surface area contributed by atoms with Crippen molar-refractivity contribution in [2.75, 3.05) is 11.9 Å². The van der Waals surface area contributed by atoms with E-state index >= 15 is 0 Å². The van der Waals surface area contributed by atoms with Gasteiger partial charge in [-0.15, -0.1) is 11.3 Å². The van der Waals surface area contributed by atoms with E-state index in [1.54, 1.807) is 23.6 Å². The number of nitrogens with zero attached hydrogens (tertiary/aromatic N) is 2. The number of carbonyl (C=O) groups is 1. The highest BCUT2D eigenvalue weighted by molar-refractivity contribution is 9.10. The highest BCUT2D eigenvalue weighted by atomic mass is 79.9. The monoisotopic (exact) mass is 459 g/mol. The number of rotatable bonds is 7. The lowest BCUT2D eigenvalue weighted by Crippen LogP contribution is -2.13. The molecule has 6 nitrogen and oxygen atoms in total. The van der Waals surface area contributed by atoms with Gasteiger partial charge in [-0.1, -0.05) is 15.9 Å². The van der Waals surface area contributed by atoms with E-state index in [2.05, 4.69) is 21.2 Å². The number of nitriles is 2. The number of nitrogens with one attached hydrogen (secondary N) is 1. The van der Waals surface area contributed by atoms with Crippen molar-refractivity contribution in [2.24, 2.45) is 0 Å². The first-order valence-corrected chi connectivity index (χ1v) is 10.1. The standard InChI is InChI=1S/C20H18BrN3O3S/c1-4-26-17-8-14(16(21)9-18(17)27-12(2)3)7-15(11-23)19(25)24-20-13(10-22)5-6-28-20/h5-9,12H,4H2,1-3H3,(H,24,25). The maximum Gasteiger partial charge on any atom is 0.266 e. The molecule has 2 rings (SSSR count). The molecule has 0 saturated carbocycles. The maximum absolute atomic E-state index is 12.5. The molecule has 8 heteroatoms. The SMILES string of the molecule is CCOc1cc(C=C(C#N)C(=O)Nc2sccc2C#N)c(Br)cc1OC(C)C. The van der Waals surface area contributed by atoms with Gasteiger partial charge in [-0.3, -0.25) is 4.79 Å². The summed E-state index contributed by atoms with van der Waals surface area (Å²) in [7, 11) is 0. The van der Waals surface area contributed by atoms with Crippen LogP contribution in [0.4, 0.5) is 5.00 Å². The Morgan fingerprint density at radius 1 is 1.36 bits per heavy atom. The van der Waals surface area contributed by atoms with E-state index in [0.29, 0.717) is 38.7 Å². The van der Waals surface area contributed by atoms with Crippen LogP contribution < -0.4 is 14.8 Å². The minimum Gasteiger partial charge on any atom is -0.490 e. The summed E-state index contributed by atoms with van der Waals surface area (Å²) in [5.41, 5.74) is 0.849. The first-order valence-electron chi connectivity index (χ1n) is 8.43. The van der Waals surface area contributed by atoms with Gasteiger partial charge in [0.15, 0.2) is 11.5 Å². The van der Waals surface area contributed by atoms with Gasteiger partial charge in [-0.2, -0.15) is 10.5 Å². The quantitative estimate of drug-likeness (QED) is 0.458. The Hall–Kier alpha value is -2.81. The van der Waals surface area contributed by atoms with Crippen molar-refractivity contribution in [1.82, 2.24) is 0 Å². The van der Waals surface area contributed by atoms with Gasteiger partial charge in [0.25, 0.3) is 5.91 Å². The molecule has 2 aromatic rings. The van der Waals surface area contributed by atoms with E-state index in [0.717, 1.165) is 0 Å². The summed E-state index contributed by atoms with van der Waals surface area (Å²) < 4.78 is 12.0. The number of hydrogen-bond donors (Lipinski definition) is 1. The van der Waals surface area contributed by atoms with Gasteiger partial charge < -0.3 is 14.8 Å². The minimum atomic E-state index is -0.589. The second kappa shape index (κ2) is 9.93. The normalized spacial score (nSPS) is 10.9. The van der Waals surface area contributed by atoms with Crippen LogP contribution in [0.25, 0.3) is 6.08 Å². The molecule has 144 valence electrons. The third-order valence-electron chi connectivity index (χ3n) is 3.40. The molecule has 0 radical (unpaired) electrons. The van der Waals surface area contributed by atoms with E-state index in [9.17, 15) is 10.1 Å². The lowest BCUT2D eigenvalue weighted by Gasteiger charge is -2.16. The predicted octanol–water partition coefficient (Wildman–Crippen LogP) is 5.11. The molecule has 1 aromatic heterocycles. The van der Waals surface area contributed by atoms with Crippen LogP contribution in [-0.2, 0) is 4.79 Å². The fraction of sp³-hybridized carbons (Fsp3) is 0.250. The molecule has 0 aliphatic rings. The van der Waals surface area contributed by atoms with E-state index < -0.39 is 5.91 Å². The van der Waals surface area contributed by atoms with E-state index in [-0.39, 0.29) is 11.7 Å². The first-order chi connectivity index (χ1) is 13.4. The molecule has 1 amide bonds. The molecular formula is C20H18BrN3O3S. The molecule has 0 saturated heterocycles. The lowest BCUT2D eigenvalue weighted by atomic mass is 10.1. The number of thiophene rings is 1. The van der Waals surface area contributed by atoms with Crippen LogP contribution >= 0.6 is 27.3 Å². The summed E-state index contributed by atoms with van der Waals surface area (Å²) in [5, 5.41) is 23.2. The van der Waals surface area contributed by atoms with Crippen LogP contribution in [0.15, 0.2) is 33.6 Å². The number of hydrogen-bond acceptors (Lipinski definition) is 6. The Kier molecular flexibility index (Phi) is 7.62. The van der Waals surface area contributed by atoms with E-state index in [1.165, 1.54) is 17.4 Å². The Bertz CT molecular complexity index is 984. The molecule has 0 atom stereocenters. The van der Waals surface area contributed by atoms with Gasteiger partial charge in [0.05, 0.1) is 18.3 Å². The van der Waals surface area contributed by atoms with E-state index in [4.69, 9.17) is 14.7 Å². The Labute approximate surface area is 176 Å². The average Bonchev–Trinajstić information content (AvgIpc) is 3.09. The van der Waals surface area contributed by atoms with Crippen molar-refractivity contribution in [3.05, 3.63) is 44.8 Å². The Balaban J connectivity index is 2.37. The second-order valence-corrected chi connectivity index (χ2v) is 7.59.